The summed E-state index contributed by atoms with van der Waals surface area (Å²) in [5.41, 5.74) is 9.51. The van der Waals surface area contributed by atoms with Crippen LogP contribution in [0.3, 0.4) is 0 Å². The SMILES string of the molecule is c1c2c3c4c(cc5c6c4c4c7c3c3c1Cc1cc8cc9cc%10cc(c%11c%10c%10c9c9c8c1c3c7c9c%10c4c%116)C5)C2. The Kier molecular flexibility index (Phi) is 1.57. The fourth-order valence-electron chi connectivity index (χ4n) is 12.0. The van der Waals surface area contributed by atoms with E-state index in [0.717, 1.165) is 19.3 Å². The predicted molar refractivity (Wildman–Crippen MR) is 166 cm³/mol. The lowest BCUT2D eigenvalue weighted by Gasteiger charge is -2.16. The lowest BCUT2D eigenvalue weighted by atomic mass is 9.87. The molecule has 0 fully saturated rings. The summed E-state index contributed by atoms with van der Waals surface area (Å²) in [6.45, 7) is 0. The Labute approximate surface area is 217 Å². The second-order valence-electron chi connectivity index (χ2n) is 13.8. The molecule has 0 bridgehead atoms. The van der Waals surface area contributed by atoms with Crippen molar-refractivity contribution in [3.63, 3.8) is 0 Å². The number of benzene rings is 8. The first-order valence-corrected chi connectivity index (χ1v) is 14.6. The lowest BCUT2D eigenvalue weighted by Crippen LogP contribution is -1.95. The summed E-state index contributed by atoms with van der Waals surface area (Å²) >= 11 is 0. The van der Waals surface area contributed by atoms with Gasteiger partial charge in [-0.05, 0) is 194 Å². The molecule has 0 saturated heterocycles. The van der Waals surface area contributed by atoms with Gasteiger partial charge < -0.3 is 0 Å². The maximum atomic E-state index is 2.64. The maximum absolute atomic E-state index is 2.64. The van der Waals surface area contributed by atoms with Crippen molar-refractivity contribution in [3.05, 3.63) is 69.8 Å². The Morgan fingerprint density at radius 1 is 0.205 bits per heavy atom. The van der Waals surface area contributed by atoms with Gasteiger partial charge in [0.05, 0.1) is 0 Å². The van der Waals surface area contributed by atoms with Crippen molar-refractivity contribution >= 4 is 129 Å². The van der Waals surface area contributed by atoms with Crippen molar-refractivity contribution in [1.82, 2.24) is 0 Å². The molecule has 3 aliphatic carbocycles. The highest BCUT2D eigenvalue weighted by molar-refractivity contribution is 6.66. The molecule has 0 heterocycles. The summed E-state index contributed by atoms with van der Waals surface area (Å²) in [7, 11) is 0. The zero-order chi connectivity index (χ0) is 23.7. The van der Waals surface area contributed by atoms with Crippen molar-refractivity contribution in [2.75, 3.05) is 0 Å². The summed E-state index contributed by atoms with van der Waals surface area (Å²) in [5, 5.41) is 38.2. The molecule has 0 unspecified atom stereocenters. The van der Waals surface area contributed by atoms with Gasteiger partial charge >= 0.3 is 0 Å². The van der Waals surface area contributed by atoms with Crippen molar-refractivity contribution in [3.8, 4) is 0 Å². The van der Waals surface area contributed by atoms with Gasteiger partial charge in [0, 0.05) is 0 Å². The Hall–Kier alpha value is -4.68. The summed E-state index contributed by atoms with van der Waals surface area (Å²) in [6, 6.07) is 15.5. The van der Waals surface area contributed by atoms with Crippen LogP contribution in [0.2, 0.25) is 0 Å². The molecule has 0 N–H and O–H groups in total. The molecule has 3 aliphatic rings. The number of rotatable bonds is 0. The van der Waals surface area contributed by atoms with Crippen LogP contribution in [0.4, 0.5) is 0 Å². The van der Waals surface area contributed by atoms with E-state index >= 15 is 0 Å². The van der Waals surface area contributed by atoms with E-state index in [1.54, 1.807) is 146 Å². The molecule has 0 aromatic heterocycles. The smallest absolute Gasteiger partial charge is 0.00000209 e. The molecule has 0 radical (unpaired) electrons. The van der Waals surface area contributed by atoms with E-state index in [2.05, 4.69) is 36.4 Å². The molecule has 168 valence electrons. The van der Waals surface area contributed by atoms with Crippen LogP contribution in [-0.4, -0.2) is 0 Å². The van der Waals surface area contributed by atoms with Crippen LogP contribution in [0.1, 0.15) is 33.4 Å². The van der Waals surface area contributed by atoms with Crippen molar-refractivity contribution in [2.24, 2.45) is 0 Å². The van der Waals surface area contributed by atoms with Gasteiger partial charge in [0.1, 0.15) is 0 Å². The van der Waals surface area contributed by atoms with Crippen LogP contribution in [0.25, 0.3) is 129 Å². The quantitative estimate of drug-likeness (QED) is 0.189. The minimum atomic E-state index is 1.09. The van der Waals surface area contributed by atoms with E-state index < -0.39 is 0 Å². The molecule has 0 heteroatoms. The van der Waals surface area contributed by atoms with E-state index in [0.29, 0.717) is 0 Å². The van der Waals surface area contributed by atoms with Gasteiger partial charge in [-0.2, -0.15) is 0 Å². The summed E-state index contributed by atoms with van der Waals surface area (Å²) in [6.07, 6.45) is 3.28. The molecule has 13 aromatic carbocycles. The third-order valence-corrected chi connectivity index (χ3v) is 12.7. The summed E-state index contributed by atoms with van der Waals surface area (Å²) in [5.74, 6) is 0. The fourth-order valence-corrected chi connectivity index (χ4v) is 12.0. The number of hydrogen-bond acceptors (Lipinski definition) is 0. The van der Waals surface area contributed by atoms with Crippen LogP contribution >= 0.6 is 0 Å². The van der Waals surface area contributed by atoms with Crippen LogP contribution in [-0.2, 0) is 19.3 Å². The van der Waals surface area contributed by atoms with Crippen LogP contribution in [0.15, 0.2) is 36.4 Å². The summed E-state index contributed by atoms with van der Waals surface area (Å²) < 4.78 is 0. The second kappa shape index (κ2) is 3.91. The molecule has 0 nitrogen and oxygen atoms in total. The normalized spacial score (nSPS) is 16.9. The zero-order valence-electron chi connectivity index (χ0n) is 20.6. The largest absolute Gasteiger partial charge is 0.0539 e. The molecular weight excluding hydrogens is 468 g/mol. The molecule has 0 amide bonds. The third kappa shape index (κ3) is 1.06. The average molecular weight is 481 g/mol. The topological polar surface area (TPSA) is 0 Å². The van der Waals surface area contributed by atoms with E-state index in [4.69, 9.17) is 0 Å². The highest BCUT2D eigenvalue weighted by Crippen LogP contribution is 2.67. The number of hydrogen-bond donors (Lipinski definition) is 0. The lowest BCUT2D eigenvalue weighted by molar-refractivity contribution is 1.19. The summed E-state index contributed by atoms with van der Waals surface area (Å²) in [4.78, 5) is 0. The Bertz CT molecular complexity index is 3140. The van der Waals surface area contributed by atoms with Crippen LogP contribution in [0, 0.1) is 0 Å². The second-order valence-corrected chi connectivity index (χ2v) is 13.8. The van der Waals surface area contributed by atoms with Crippen molar-refractivity contribution < 1.29 is 0 Å². The first kappa shape index (κ1) is 15.7. The van der Waals surface area contributed by atoms with Gasteiger partial charge in [-0.3, -0.25) is 0 Å². The van der Waals surface area contributed by atoms with E-state index in [1.807, 2.05) is 0 Å². The van der Waals surface area contributed by atoms with E-state index in [-0.39, 0.29) is 0 Å². The third-order valence-electron chi connectivity index (χ3n) is 12.7. The monoisotopic (exact) mass is 480 g/mol. The molecule has 0 atom stereocenters. The van der Waals surface area contributed by atoms with Gasteiger partial charge in [-0.25, -0.2) is 0 Å². The fraction of sp³-hybridized carbons (Fsp3) is 0.0769. The van der Waals surface area contributed by atoms with Crippen molar-refractivity contribution in [1.29, 1.82) is 0 Å². The van der Waals surface area contributed by atoms with Gasteiger partial charge in [0.2, 0.25) is 0 Å². The minimum Gasteiger partial charge on any atom is -0.0539 e. The molecule has 0 spiro atoms. The molecule has 0 aliphatic heterocycles. The van der Waals surface area contributed by atoms with Gasteiger partial charge in [-0.15, -0.1) is 0 Å². The van der Waals surface area contributed by atoms with E-state index in [9.17, 15) is 0 Å². The minimum absolute atomic E-state index is 1.09. The Balaban J connectivity index is 1.56. The molecule has 13 aromatic rings. The van der Waals surface area contributed by atoms with Crippen molar-refractivity contribution in [2.45, 2.75) is 19.3 Å². The molecule has 39 heavy (non-hydrogen) atoms. The highest BCUT2D eigenvalue weighted by atomic mass is 14.4. The molecule has 16 rings (SSSR count). The van der Waals surface area contributed by atoms with E-state index in [1.165, 1.54) is 16.2 Å². The van der Waals surface area contributed by atoms with Gasteiger partial charge in [0.25, 0.3) is 0 Å². The van der Waals surface area contributed by atoms with Crippen LogP contribution < -0.4 is 0 Å². The van der Waals surface area contributed by atoms with Gasteiger partial charge in [0.15, 0.2) is 0 Å². The maximum Gasteiger partial charge on any atom is -0.00000209 e. The Morgan fingerprint density at radius 2 is 0.436 bits per heavy atom. The molecule has 0 saturated carbocycles. The first-order chi connectivity index (χ1) is 19.3. The zero-order valence-corrected chi connectivity index (χ0v) is 20.6. The average Bonchev–Trinajstić information content (AvgIpc) is 3.74. The standard InChI is InChI=1S/C39H12/c1-10-4-16-6-12-2-14-8-18-9-15-3-13-7-17-5-11(1)20-19(10)28-25(16)30-21(12)23(14)32-27(18)33-24(15)22(13)31-26(17)29(20)35-34(28)36(30)38(32)39(33)37(31)35/h1-2,4,6-7,9H,3,5,8H2. The van der Waals surface area contributed by atoms with Crippen LogP contribution in [0.5, 0.6) is 0 Å². The Morgan fingerprint density at radius 3 is 0.846 bits per heavy atom. The predicted octanol–water partition coefficient (Wildman–Crippen LogP) is 10.2. The molecular formula is C39H12. The van der Waals surface area contributed by atoms with Gasteiger partial charge in [-0.1, -0.05) is 24.3 Å². The first-order valence-electron chi connectivity index (χ1n) is 14.6. The highest BCUT2D eigenvalue weighted by Gasteiger charge is 2.40.